The summed E-state index contributed by atoms with van der Waals surface area (Å²) in [5.41, 5.74) is 1.11. The number of carboxylic acid groups (broad SMARTS) is 1. The molecule has 1 heterocycles. The van der Waals surface area contributed by atoms with Gasteiger partial charge in [-0.05, 0) is 30.9 Å². The van der Waals surface area contributed by atoms with E-state index < -0.39 is 5.97 Å². The highest BCUT2D eigenvalue weighted by Crippen LogP contribution is 2.21. The number of carbonyl (C=O) groups is 2. The van der Waals surface area contributed by atoms with E-state index in [1.807, 2.05) is 35.2 Å². The topological polar surface area (TPSA) is 69.6 Å². The molecule has 1 aromatic rings. The van der Waals surface area contributed by atoms with Crippen molar-refractivity contribution < 1.29 is 14.7 Å². The van der Waals surface area contributed by atoms with Crippen molar-refractivity contribution in [2.75, 3.05) is 19.6 Å². The summed E-state index contributed by atoms with van der Waals surface area (Å²) in [6.45, 7) is 5.68. The molecule has 0 bridgehead atoms. The summed E-state index contributed by atoms with van der Waals surface area (Å²) in [4.78, 5) is 25.3. The first kappa shape index (κ1) is 17.5. The number of carbonyl (C=O) groups excluding carboxylic acids is 1. The van der Waals surface area contributed by atoms with Gasteiger partial charge in [-0.25, -0.2) is 0 Å². The summed E-state index contributed by atoms with van der Waals surface area (Å²) in [6, 6.07) is 9.99. The molecular weight excluding hydrogens is 292 g/mol. The summed E-state index contributed by atoms with van der Waals surface area (Å²) < 4.78 is 0. The Morgan fingerprint density at radius 1 is 1.30 bits per heavy atom. The van der Waals surface area contributed by atoms with Crippen LogP contribution >= 0.6 is 0 Å². The molecule has 126 valence electrons. The number of hydrogen-bond donors (Lipinski definition) is 2. The molecule has 2 unspecified atom stereocenters. The lowest BCUT2D eigenvalue weighted by Gasteiger charge is -2.23. The zero-order chi connectivity index (χ0) is 16.8. The SMILES string of the molecule is CC(C)CC(NC(=O)CN1CCC(C(=O)O)C1)c1ccccc1. The van der Waals surface area contributed by atoms with Crippen molar-refractivity contribution in [3.05, 3.63) is 35.9 Å². The lowest BCUT2D eigenvalue weighted by Crippen LogP contribution is -2.38. The van der Waals surface area contributed by atoms with E-state index in [4.69, 9.17) is 5.11 Å². The van der Waals surface area contributed by atoms with Gasteiger partial charge in [0.2, 0.25) is 5.91 Å². The van der Waals surface area contributed by atoms with Gasteiger partial charge in [-0.3, -0.25) is 14.5 Å². The molecule has 1 aliphatic rings. The molecular formula is C18H26N2O3. The molecule has 1 aliphatic heterocycles. The normalized spacial score (nSPS) is 19.7. The molecule has 1 amide bonds. The Hall–Kier alpha value is -1.88. The van der Waals surface area contributed by atoms with E-state index in [1.54, 1.807) is 0 Å². The van der Waals surface area contributed by atoms with Crippen molar-refractivity contribution in [1.29, 1.82) is 0 Å². The smallest absolute Gasteiger partial charge is 0.307 e. The van der Waals surface area contributed by atoms with Crippen molar-refractivity contribution >= 4 is 11.9 Å². The Balaban J connectivity index is 1.92. The van der Waals surface area contributed by atoms with Gasteiger partial charge in [0.25, 0.3) is 0 Å². The molecule has 0 saturated carbocycles. The minimum Gasteiger partial charge on any atom is -0.481 e. The maximum absolute atomic E-state index is 12.3. The summed E-state index contributed by atoms with van der Waals surface area (Å²) in [7, 11) is 0. The van der Waals surface area contributed by atoms with Crippen molar-refractivity contribution in [3.8, 4) is 0 Å². The molecule has 1 aromatic carbocycles. The van der Waals surface area contributed by atoms with Gasteiger partial charge in [-0.15, -0.1) is 0 Å². The number of amides is 1. The highest BCUT2D eigenvalue weighted by atomic mass is 16.4. The van der Waals surface area contributed by atoms with Crippen LogP contribution < -0.4 is 5.32 Å². The number of likely N-dealkylation sites (tertiary alicyclic amines) is 1. The first-order chi connectivity index (χ1) is 11.0. The maximum atomic E-state index is 12.3. The molecule has 0 aliphatic carbocycles. The van der Waals surface area contributed by atoms with Gasteiger partial charge in [0.05, 0.1) is 18.5 Å². The molecule has 0 spiro atoms. The standard InChI is InChI=1S/C18H26N2O3/c1-13(2)10-16(14-6-4-3-5-7-14)19-17(21)12-20-9-8-15(11-20)18(22)23/h3-7,13,15-16H,8-12H2,1-2H3,(H,19,21)(H,22,23). The summed E-state index contributed by atoms with van der Waals surface area (Å²) in [5.74, 6) is -0.674. The molecule has 2 N–H and O–H groups in total. The Morgan fingerprint density at radius 3 is 2.57 bits per heavy atom. The van der Waals surface area contributed by atoms with Gasteiger partial charge < -0.3 is 10.4 Å². The van der Waals surface area contributed by atoms with Crippen LogP contribution in [0, 0.1) is 11.8 Å². The van der Waals surface area contributed by atoms with Crippen LogP contribution in [-0.4, -0.2) is 41.5 Å². The molecule has 2 rings (SSSR count). The second kappa shape index (κ2) is 8.11. The third-order valence-electron chi connectivity index (χ3n) is 4.23. The number of hydrogen-bond acceptors (Lipinski definition) is 3. The van der Waals surface area contributed by atoms with Crippen LogP contribution in [0.1, 0.15) is 38.3 Å². The number of nitrogens with zero attached hydrogens (tertiary/aromatic N) is 1. The molecule has 0 radical (unpaired) electrons. The van der Waals surface area contributed by atoms with Gasteiger partial charge in [0.15, 0.2) is 0 Å². The van der Waals surface area contributed by atoms with Gasteiger partial charge >= 0.3 is 5.97 Å². The highest BCUT2D eigenvalue weighted by Gasteiger charge is 2.29. The van der Waals surface area contributed by atoms with E-state index >= 15 is 0 Å². The predicted molar refractivity (Wildman–Crippen MR) is 89.0 cm³/mol. The maximum Gasteiger partial charge on any atom is 0.307 e. The number of benzene rings is 1. The third-order valence-corrected chi connectivity index (χ3v) is 4.23. The van der Waals surface area contributed by atoms with E-state index in [0.29, 0.717) is 25.4 Å². The van der Waals surface area contributed by atoms with Gasteiger partial charge in [-0.2, -0.15) is 0 Å². The summed E-state index contributed by atoms with van der Waals surface area (Å²) in [6.07, 6.45) is 1.50. The minimum atomic E-state index is -0.769. The molecule has 5 nitrogen and oxygen atoms in total. The minimum absolute atomic E-state index is 0.00146. The Morgan fingerprint density at radius 2 is 2.00 bits per heavy atom. The molecule has 23 heavy (non-hydrogen) atoms. The Bertz CT molecular complexity index is 530. The van der Waals surface area contributed by atoms with Gasteiger partial charge in [-0.1, -0.05) is 44.2 Å². The lowest BCUT2D eigenvalue weighted by molar-refractivity contribution is -0.141. The monoisotopic (exact) mass is 318 g/mol. The zero-order valence-electron chi connectivity index (χ0n) is 13.9. The van der Waals surface area contributed by atoms with Crippen LogP contribution in [0.3, 0.4) is 0 Å². The van der Waals surface area contributed by atoms with E-state index in [-0.39, 0.29) is 24.4 Å². The first-order valence-corrected chi connectivity index (χ1v) is 8.25. The largest absolute Gasteiger partial charge is 0.481 e. The molecule has 0 aromatic heterocycles. The van der Waals surface area contributed by atoms with E-state index in [2.05, 4.69) is 19.2 Å². The Kier molecular flexibility index (Phi) is 6.16. The Labute approximate surface area is 137 Å². The van der Waals surface area contributed by atoms with E-state index in [9.17, 15) is 9.59 Å². The lowest BCUT2D eigenvalue weighted by atomic mass is 9.97. The highest BCUT2D eigenvalue weighted by molar-refractivity contribution is 5.79. The quantitative estimate of drug-likeness (QED) is 0.809. The number of carboxylic acids is 1. The summed E-state index contributed by atoms with van der Waals surface area (Å²) >= 11 is 0. The average molecular weight is 318 g/mol. The molecule has 5 heteroatoms. The van der Waals surface area contributed by atoms with Crippen LogP contribution in [0.25, 0.3) is 0 Å². The van der Waals surface area contributed by atoms with Crippen molar-refractivity contribution in [3.63, 3.8) is 0 Å². The fourth-order valence-electron chi connectivity index (χ4n) is 3.06. The van der Waals surface area contributed by atoms with Crippen LogP contribution in [0.4, 0.5) is 0 Å². The van der Waals surface area contributed by atoms with Crippen molar-refractivity contribution in [2.45, 2.75) is 32.7 Å². The second-order valence-electron chi connectivity index (χ2n) is 6.72. The molecule has 1 saturated heterocycles. The molecule has 2 atom stereocenters. The van der Waals surface area contributed by atoms with Gasteiger partial charge in [0.1, 0.15) is 0 Å². The van der Waals surface area contributed by atoms with E-state index in [0.717, 1.165) is 12.0 Å². The first-order valence-electron chi connectivity index (χ1n) is 8.25. The van der Waals surface area contributed by atoms with Crippen molar-refractivity contribution in [1.82, 2.24) is 10.2 Å². The number of nitrogens with one attached hydrogen (secondary N) is 1. The fourth-order valence-corrected chi connectivity index (χ4v) is 3.06. The van der Waals surface area contributed by atoms with Crippen molar-refractivity contribution in [2.24, 2.45) is 11.8 Å². The van der Waals surface area contributed by atoms with E-state index in [1.165, 1.54) is 0 Å². The van der Waals surface area contributed by atoms with Crippen LogP contribution in [0.5, 0.6) is 0 Å². The predicted octanol–water partition coefficient (Wildman–Crippen LogP) is 2.30. The number of aliphatic carboxylic acids is 1. The third kappa shape index (κ3) is 5.36. The van der Waals surface area contributed by atoms with Crippen LogP contribution in [-0.2, 0) is 9.59 Å². The fraction of sp³-hybridized carbons (Fsp3) is 0.556. The van der Waals surface area contributed by atoms with Crippen LogP contribution in [0.15, 0.2) is 30.3 Å². The average Bonchev–Trinajstić information content (AvgIpc) is 2.95. The van der Waals surface area contributed by atoms with Crippen LogP contribution in [0.2, 0.25) is 0 Å². The summed E-state index contributed by atoms with van der Waals surface area (Å²) in [5, 5.41) is 12.1. The van der Waals surface area contributed by atoms with Gasteiger partial charge in [0, 0.05) is 6.54 Å². The molecule has 1 fully saturated rings. The zero-order valence-corrected chi connectivity index (χ0v) is 13.9. The second-order valence-corrected chi connectivity index (χ2v) is 6.72. The number of rotatable bonds is 7.